The molecule has 3 fully saturated rings. The van der Waals surface area contributed by atoms with Gasteiger partial charge < -0.3 is 14.6 Å². The largest absolute Gasteiger partial charge is 0.384 e. The molecule has 1 aromatic heterocycles. The maximum absolute atomic E-state index is 11.1. The summed E-state index contributed by atoms with van der Waals surface area (Å²) in [6.45, 7) is 3.09. The zero-order chi connectivity index (χ0) is 13.6. The molecule has 1 N–H and O–H groups in total. The molecule has 3 aliphatic heterocycles. The summed E-state index contributed by atoms with van der Waals surface area (Å²) >= 11 is 0. The van der Waals surface area contributed by atoms with E-state index in [-0.39, 0.29) is 0 Å². The Bertz CT molecular complexity index is 582. The van der Waals surface area contributed by atoms with Gasteiger partial charge in [-0.15, -0.1) is 0 Å². The summed E-state index contributed by atoms with van der Waals surface area (Å²) in [5.74, 6) is 0.421. The molecule has 3 nitrogen and oxygen atoms in total. The van der Waals surface area contributed by atoms with Gasteiger partial charge in [-0.25, -0.2) is 0 Å². The molecule has 0 radical (unpaired) electrons. The number of aromatic nitrogens is 1. The third kappa shape index (κ3) is 1.81. The second-order valence-electron chi connectivity index (χ2n) is 6.11. The average Bonchev–Trinajstić information content (AvgIpc) is 3.03. The minimum atomic E-state index is -0.647. The smallest absolute Gasteiger partial charge is 0.105 e. The molecule has 0 spiro atoms. The molecule has 3 saturated heterocycles. The van der Waals surface area contributed by atoms with E-state index < -0.39 is 5.60 Å². The molecule has 104 valence electrons. The number of aliphatic hydroxyl groups is 1. The fourth-order valence-corrected chi connectivity index (χ4v) is 3.79. The lowest BCUT2D eigenvalue weighted by Gasteiger charge is -2.50. The van der Waals surface area contributed by atoms with Crippen molar-refractivity contribution in [2.75, 3.05) is 19.6 Å². The van der Waals surface area contributed by atoms with Crippen LogP contribution in [0.2, 0.25) is 0 Å². The number of piperidine rings is 3. The van der Waals surface area contributed by atoms with Crippen molar-refractivity contribution in [3.8, 4) is 5.69 Å². The predicted octanol–water partition coefficient (Wildman–Crippen LogP) is 2.39. The Morgan fingerprint density at radius 2 is 1.65 bits per heavy atom. The lowest BCUT2D eigenvalue weighted by molar-refractivity contribution is -0.117. The van der Waals surface area contributed by atoms with Gasteiger partial charge in [-0.3, -0.25) is 0 Å². The zero-order valence-corrected chi connectivity index (χ0v) is 11.6. The lowest BCUT2D eigenvalue weighted by Crippen LogP contribution is -2.57. The van der Waals surface area contributed by atoms with Gasteiger partial charge in [0.2, 0.25) is 0 Å². The van der Waals surface area contributed by atoms with Crippen molar-refractivity contribution in [2.45, 2.75) is 18.4 Å². The van der Waals surface area contributed by atoms with E-state index in [2.05, 4.69) is 33.7 Å². The van der Waals surface area contributed by atoms with Crippen LogP contribution in [0.4, 0.5) is 0 Å². The van der Waals surface area contributed by atoms with Crippen molar-refractivity contribution in [3.63, 3.8) is 0 Å². The maximum Gasteiger partial charge on any atom is 0.105 e. The van der Waals surface area contributed by atoms with Gasteiger partial charge in [-0.05, 0) is 61.7 Å². The van der Waals surface area contributed by atoms with E-state index >= 15 is 0 Å². The number of hydrogen-bond acceptors (Lipinski definition) is 2. The summed E-state index contributed by atoms with van der Waals surface area (Å²) in [5, 5.41) is 11.1. The molecule has 20 heavy (non-hydrogen) atoms. The van der Waals surface area contributed by atoms with Crippen LogP contribution in [0.3, 0.4) is 0 Å². The van der Waals surface area contributed by atoms with Crippen LogP contribution < -0.4 is 0 Å². The summed E-state index contributed by atoms with van der Waals surface area (Å²) in [7, 11) is 0. The molecular formula is C17H20N2O. The Morgan fingerprint density at radius 1 is 1.00 bits per heavy atom. The van der Waals surface area contributed by atoms with Gasteiger partial charge in [0.25, 0.3) is 0 Å². The van der Waals surface area contributed by atoms with Crippen molar-refractivity contribution in [2.24, 2.45) is 5.92 Å². The topological polar surface area (TPSA) is 28.4 Å². The molecule has 1 unspecified atom stereocenters. The van der Waals surface area contributed by atoms with Crippen molar-refractivity contribution < 1.29 is 5.11 Å². The highest BCUT2D eigenvalue weighted by Gasteiger charge is 2.46. The van der Waals surface area contributed by atoms with Crippen molar-refractivity contribution >= 4 is 0 Å². The van der Waals surface area contributed by atoms with E-state index in [9.17, 15) is 5.11 Å². The second-order valence-corrected chi connectivity index (χ2v) is 6.11. The highest BCUT2D eigenvalue weighted by Crippen LogP contribution is 2.42. The molecule has 2 bridgehead atoms. The average molecular weight is 268 g/mol. The standard InChI is InChI=1S/C17H20N2O/c20-17(13-18-11-7-15(17)8-12-18)14-3-5-16(6-4-14)19-9-1-2-10-19/h1-6,9-10,15,20H,7-8,11-13H2. The summed E-state index contributed by atoms with van der Waals surface area (Å²) in [6, 6.07) is 12.4. The van der Waals surface area contributed by atoms with E-state index in [0.29, 0.717) is 5.92 Å². The Hall–Kier alpha value is -1.58. The maximum atomic E-state index is 11.1. The molecule has 0 saturated carbocycles. The van der Waals surface area contributed by atoms with Crippen LogP contribution in [-0.4, -0.2) is 34.2 Å². The van der Waals surface area contributed by atoms with E-state index in [1.165, 1.54) is 0 Å². The fraction of sp³-hybridized carbons (Fsp3) is 0.412. The molecule has 1 atom stereocenters. The monoisotopic (exact) mass is 268 g/mol. The number of nitrogens with zero attached hydrogens (tertiary/aromatic N) is 2. The SMILES string of the molecule is OC1(c2ccc(-n3cccc3)cc2)CN2CCC1CC2. The Balaban J connectivity index is 1.66. The summed E-state index contributed by atoms with van der Waals surface area (Å²) in [4.78, 5) is 2.39. The highest BCUT2D eigenvalue weighted by molar-refractivity contribution is 5.38. The first-order valence-corrected chi connectivity index (χ1v) is 7.44. The van der Waals surface area contributed by atoms with Crippen molar-refractivity contribution in [3.05, 3.63) is 54.4 Å². The van der Waals surface area contributed by atoms with Gasteiger partial charge >= 0.3 is 0 Å². The quantitative estimate of drug-likeness (QED) is 0.906. The van der Waals surface area contributed by atoms with Gasteiger partial charge in [0, 0.05) is 24.6 Å². The van der Waals surface area contributed by atoms with Crippen LogP contribution in [0.5, 0.6) is 0 Å². The predicted molar refractivity (Wildman–Crippen MR) is 78.8 cm³/mol. The van der Waals surface area contributed by atoms with Gasteiger partial charge in [0.05, 0.1) is 0 Å². The number of fused-ring (bicyclic) bond motifs is 3. The van der Waals surface area contributed by atoms with Gasteiger partial charge in [0.15, 0.2) is 0 Å². The van der Waals surface area contributed by atoms with E-state index in [1.54, 1.807) is 0 Å². The Labute approximate surface area is 119 Å². The Kier molecular flexibility index (Phi) is 2.72. The van der Waals surface area contributed by atoms with Crippen LogP contribution in [0, 0.1) is 5.92 Å². The first-order valence-electron chi connectivity index (χ1n) is 7.44. The van der Waals surface area contributed by atoms with Gasteiger partial charge in [-0.2, -0.15) is 0 Å². The fourth-order valence-electron chi connectivity index (χ4n) is 3.79. The normalized spacial score (nSPS) is 32.5. The molecule has 0 amide bonds. The first-order chi connectivity index (χ1) is 9.75. The lowest BCUT2D eigenvalue weighted by atomic mass is 9.72. The van der Waals surface area contributed by atoms with Crippen LogP contribution in [0.25, 0.3) is 5.69 Å². The summed E-state index contributed by atoms with van der Waals surface area (Å²) in [5.41, 5.74) is 1.57. The number of benzene rings is 1. The molecule has 2 aromatic rings. The molecule has 5 rings (SSSR count). The molecule has 0 aliphatic carbocycles. The molecule has 3 aliphatic rings. The van der Waals surface area contributed by atoms with Gasteiger partial charge in [-0.1, -0.05) is 12.1 Å². The van der Waals surface area contributed by atoms with E-state index in [1.807, 2.05) is 24.5 Å². The van der Waals surface area contributed by atoms with Crippen molar-refractivity contribution in [1.29, 1.82) is 0 Å². The summed E-state index contributed by atoms with van der Waals surface area (Å²) in [6.07, 6.45) is 6.32. The first kappa shape index (κ1) is 12.2. The number of rotatable bonds is 2. The zero-order valence-electron chi connectivity index (χ0n) is 11.6. The second kappa shape index (κ2) is 4.47. The van der Waals surface area contributed by atoms with Crippen LogP contribution in [0.1, 0.15) is 18.4 Å². The third-order valence-electron chi connectivity index (χ3n) is 5.00. The minimum Gasteiger partial charge on any atom is -0.384 e. The van der Waals surface area contributed by atoms with Crippen LogP contribution in [0.15, 0.2) is 48.8 Å². The minimum absolute atomic E-state index is 0.421. The summed E-state index contributed by atoms with van der Waals surface area (Å²) < 4.78 is 2.09. The molecule has 1 aromatic carbocycles. The van der Waals surface area contributed by atoms with Crippen molar-refractivity contribution in [1.82, 2.24) is 9.47 Å². The molecule has 4 heterocycles. The van der Waals surface area contributed by atoms with Crippen LogP contribution >= 0.6 is 0 Å². The Morgan fingerprint density at radius 3 is 2.20 bits per heavy atom. The van der Waals surface area contributed by atoms with Gasteiger partial charge in [0.1, 0.15) is 5.60 Å². The van der Waals surface area contributed by atoms with E-state index in [4.69, 9.17) is 0 Å². The third-order valence-corrected chi connectivity index (χ3v) is 5.00. The van der Waals surface area contributed by atoms with Crippen LogP contribution in [-0.2, 0) is 5.60 Å². The molecular weight excluding hydrogens is 248 g/mol. The number of hydrogen-bond donors (Lipinski definition) is 1. The van der Waals surface area contributed by atoms with E-state index in [0.717, 1.165) is 43.7 Å². The highest BCUT2D eigenvalue weighted by atomic mass is 16.3. The molecule has 3 heteroatoms.